The lowest BCUT2D eigenvalue weighted by Crippen LogP contribution is -2.10. The van der Waals surface area contributed by atoms with Gasteiger partial charge in [0.25, 0.3) is 0 Å². The number of unbranched alkanes of at least 4 members (excludes halogenated alkanes) is 1. The minimum Gasteiger partial charge on any atom is -0.492 e. The highest BCUT2D eigenvalue weighted by molar-refractivity contribution is 9.10. The fourth-order valence-corrected chi connectivity index (χ4v) is 2.18. The topological polar surface area (TPSA) is 35.2 Å². The van der Waals surface area contributed by atoms with Crippen molar-refractivity contribution < 1.29 is 4.74 Å². The monoisotopic (exact) mass is 299 g/mol. The summed E-state index contributed by atoms with van der Waals surface area (Å²) >= 11 is 3.53. The summed E-state index contributed by atoms with van der Waals surface area (Å²) < 4.78 is 6.61. The highest BCUT2D eigenvalue weighted by atomic mass is 79.9. The first kappa shape index (κ1) is 14.5. The van der Waals surface area contributed by atoms with E-state index < -0.39 is 0 Å². The van der Waals surface area contributed by atoms with E-state index in [1.807, 2.05) is 6.07 Å². The van der Waals surface area contributed by atoms with Crippen molar-refractivity contribution in [3.05, 3.63) is 28.2 Å². The smallest absolute Gasteiger partial charge is 0.133 e. The van der Waals surface area contributed by atoms with Gasteiger partial charge in [-0.15, -0.1) is 0 Å². The average Bonchev–Trinajstić information content (AvgIpc) is 2.34. The van der Waals surface area contributed by atoms with Crippen molar-refractivity contribution in [3.63, 3.8) is 0 Å². The third-order valence-corrected chi connectivity index (χ3v) is 3.33. The highest BCUT2D eigenvalue weighted by Crippen LogP contribution is 2.29. The SMILES string of the molecule is CCCCC(N)c1ccc(OCCC)c(Br)c1. The maximum atomic E-state index is 6.14. The van der Waals surface area contributed by atoms with E-state index in [0.717, 1.165) is 29.7 Å². The van der Waals surface area contributed by atoms with E-state index in [4.69, 9.17) is 10.5 Å². The molecule has 0 aliphatic heterocycles. The van der Waals surface area contributed by atoms with Gasteiger partial charge < -0.3 is 10.5 Å². The summed E-state index contributed by atoms with van der Waals surface area (Å²) in [5, 5.41) is 0. The number of nitrogens with two attached hydrogens (primary N) is 1. The highest BCUT2D eigenvalue weighted by Gasteiger charge is 2.08. The Hall–Kier alpha value is -0.540. The molecule has 0 spiro atoms. The summed E-state index contributed by atoms with van der Waals surface area (Å²) in [6, 6.07) is 6.27. The quantitative estimate of drug-likeness (QED) is 0.808. The Morgan fingerprint density at radius 3 is 2.65 bits per heavy atom. The predicted octanol–water partition coefficient (Wildman–Crippen LogP) is 4.43. The van der Waals surface area contributed by atoms with Crippen LogP contribution in [0.15, 0.2) is 22.7 Å². The maximum Gasteiger partial charge on any atom is 0.133 e. The molecule has 2 N–H and O–H groups in total. The second-order valence-electron chi connectivity index (χ2n) is 4.29. The fraction of sp³-hybridized carbons (Fsp3) is 0.571. The maximum absolute atomic E-state index is 6.14. The summed E-state index contributed by atoms with van der Waals surface area (Å²) in [5.41, 5.74) is 7.31. The Labute approximate surface area is 113 Å². The first-order valence-electron chi connectivity index (χ1n) is 6.36. The Kier molecular flexibility index (Phi) is 6.60. The molecule has 0 saturated carbocycles. The van der Waals surface area contributed by atoms with Gasteiger partial charge in [-0.2, -0.15) is 0 Å². The summed E-state index contributed by atoms with van der Waals surface area (Å²) in [7, 11) is 0. The molecule has 1 aromatic rings. The molecule has 0 fully saturated rings. The third kappa shape index (κ3) is 4.68. The van der Waals surface area contributed by atoms with E-state index in [-0.39, 0.29) is 6.04 Å². The van der Waals surface area contributed by atoms with Crippen LogP contribution in [-0.4, -0.2) is 6.61 Å². The standard InChI is InChI=1S/C14H22BrNO/c1-3-5-6-13(16)11-7-8-14(12(15)10-11)17-9-4-2/h7-8,10,13H,3-6,9,16H2,1-2H3. The van der Waals surface area contributed by atoms with Crippen LogP contribution in [0.25, 0.3) is 0 Å². The molecule has 1 atom stereocenters. The van der Waals surface area contributed by atoms with Gasteiger partial charge in [0, 0.05) is 6.04 Å². The molecule has 0 aliphatic carbocycles. The van der Waals surface area contributed by atoms with Crippen LogP contribution in [0.2, 0.25) is 0 Å². The molecule has 1 unspecified atom stereocenters. The zero-order valence-electron chi connectivity index (χ0n) is 10.7. The van der Waals surface area contributed by atoms with Gasteiger partial charge >= 0.3 is 0 Å². The Balaban J connectivity index is 2.67. The first-order chi connectivity index (χ1) is 8.19. The molecule has 17 heavy (non-hydrogen) atoms. The van der Waals surface area contributed by atoms with Crippen molar-refractivity contribution in [2.75, 3.05) is 6.61 Å². The largest absolute Gasteiger partial charge is 0.492 e. The van der Waals surface area contributed by atoms with Gasteiger partial charge in [0.2, 0.25) is 0 Å². The second kappa shape index (κ2) is 7.72. The van der Waals surface area contributed by atoms with E-state index in [1.54, 1.807) is 0 Å². The zero-order valence-corrected chi connectivity index (χ0v) is 12.3. The first-order valence-corrected chi connectivity index (χ1v) is 7.16. The van der Waals surface area contributed by atoms with Crippen molar-refractivity contribution >= 4 is 15.9 Å². The summed E-state index contributed by atoms with van der Waals surface area (Å²) in [4.78, 5) is 0. The average molecular weight is 300 g/mol. The lowest BCUT2D eigenvalue weighted by atomic mass is 10.0. The van der Waals surface area contributed by atoms with Crippen molar-refractivity contribution in [2.24, 2.45) is 5.73 Å². The lowest BCUT2D eigenvalue weighted by molar-refractivity contribution is 0.315. The molecular weight excluding hydrogens is 278 g/mol. The molecule has 2 nitrogen and oxygen atoms in total. The molecule has 96 valence electrons. The molecule has 1 rings (SSSR count). The van der Waals surface area contributed by atoms with Crippen LogP contribution in [0, 0.1) is 0 Å². The number of hydrogen-bond acceptors (Lipinski definition) is 2. The summed E-state index contributed by atoms with van der Waals surface area (Å²) in [6.45, 7) is 5.03. The molecule has 3 heteroatoms. The number of halogens is 1. The molecule has 0 bridgehead atoms. The van der Waals surface area contributed by atoms with Crippen LogP contribution >= 0.6 is 15.9 Å². The van der Waals surface area contributed by atoms with E-state index >= 15 is 0 Å². The zero-order chi connectivity index (χ0) is 12.7. The van der Waals surface area contributed by atoms with Crippen LogP contribution in [0.4, 0.5) is 0 Å². The van der Waals surface area contributed by atoms with Crippen LogP contribution < -0.4 is 10.5 Å². The molecular formula is C14H22BrNO. The molecule has 0 aliphatic rings. The van der Waals surface area contributed by atoms with Gasteiger partial charge in [0.15, 0.2) is 0 Å². The van der Waals surface area contributed by atoms with Crippen LogP contribution in [0.3, 0.4) is 0 Å². The summed E-state index contributed by atoms with van der Waals surface area (Å²) in [6.07, 6.45) is 4.42. The number of ether oxygens (including phenoxy) is 1. The normalized spacial score (nSPS) is 12.5. The van der Waals surface area contributed by atoms with Gasteiger partial charge in [0.05, 0.1) is 11.1 Å². The van der Waals surface area contributed by atoms with Crippen molar-refractivity contribution in [2.45, 2.75) is 45.6 Å². The van der Waals surface area contributed by atoms with Gasteiger partial charge in [0.1, 0.15) is 5.75 Å². The Bertz CT molecular complexity index is 341. The van der Waals surface area contributed by atoms with Crippen LogP contribution in [-0.2, 0) is 0 Å². The molecule has 0 saturated heterocycles. The van der Waals surface area contributed by atoms with E-state index in [0.29, 0.717) is 0 Å². The summed E-state index contributed by atoms with van der Waals surface area (Å²) in [5.74, 6) is 0.901. The number of hydrogen-bond donors (Lipinski definition) is 1. The second-order valence-corrected chi connectivity index (χ2v) is 5.14. The third-order valence-electron chi connectivity index (χ3n) is 2.71. The van der Waals surface area contributed by atoms with Gasteiger partial charge in [-0.1, -0.05) is 32.8 Å². The van der Waals surface area contributed by atoms with Gasteiger partial charge in [-0.05, 0) is 46.5 Å². The fourth-order valence-electron chi connectivity index (χ4n) is 1.67. The number of benzene rings is 1. The molecule has 0 heterocycles. The van der Waals surface area contributed by atoms with Crippen LogP contribution in [0.1, 0.15) is 51.1 Å². The molecule has 1 aromatic carbocycles. The minimum absolute atomic E-state index is 0.131. The van der Waals surface area contributed by atoms with Crippen molar-refractivity contribution in [1.29, 1.82) is 0 Å². The van der Waals surface area contributed by atoms with Gasteiger partial charge in [-0.3, -0.25) is 0 Å². The minimum atomic E-state index is 0.131. The van der Waals surface area contributed by atoms with E-state index in [9.17, 15) is 0 Å². The molecule has 0 amide bonds. The Morgan fingerprint density at radius 1 is 1.29 bits per heavy atom. The molecule has 0 radical (unpaired) electrons. The van der Waals surface area contributed by atoms with Crippen molar-refractivity contribution in [3.8, 4) is 5.75 Å². The van der Waals surface area contributed by atoms with Crippen molar-refractivity contribution in [1.82, 2.24) is 0 Å². The predicted molar refractivity (Wildman–Crippen MR) is 76.4 cm³/mol. The van der Waals surface area contributed by atoms with E-state index in [2.05, 4.69) is 41.9 Å². The molecule has 0 aromatic heterocycles. The van der Waals surface area contributed by atoms with Gasteiger partial charge in [-0.25, -0.2) is 0 Å². The van der Waals surface area contributed by atoms with E-state index in [1.165, 1.54) is 18.4 Å². The lowest BCUT2D eigenvalue weighted by Gasteiger charge is -2.14. The Morgan fingerprint density at radius 2 is 2.06 bits per heavy atom. The van der Waals surface area contributed by atoms with Crippen LogP contribution in [0.5, 0.6) is 5.75 Å². The number of rotatable bonds is 7.